The van der Waals surface area contributed by atoms with Crippen LogP contribution in [0, 0.1) is 11.3 Å². The minimum absolute atomic E-state index is 0.00892. The Labute approximate surface area is 146 Å². The van der Waals surface area contributed by atoms with Crippen molar-refractivity contribution in [2.45, 2.75) is 32.1 Å². The van der Waals surface area contributed by atoms with Crippen LogP contribution in [0.2, 0.25) is 0 Å². The van der Waals surface area contributed by atoms with Crippen molar-refractivity contribution in [1.29, 1.82) is 0 Å². The van der Waals surface area contributed by atoms with Gasteiger partial charge in [-0.05, 0) is 31.8 Å². The van der Waals surface area contributed by atoms with Gasteiger partial charge in [0.1, 0.15) is 12.0 Å². The molecular weight excluding hydrogens is 316 g/mol. The maximum atomic E-state index is 12.6. The molecule has 2 bridgehead atoms. The fourth-order valence-corrected chi connectivity index (χ4v) is 4.46. The number of allylic oxidation sites excluding steroid dienone is 5. The molecule has 1 atom stereocenters. The van der Waals surface area contributed by atoms with Crippen LogP contribution >= 0.6 is 0 Å². The maximum absolute atomic E-state index is 12.6. The number of rotatable bonds is 4. The van der Waals surface area contributed by atoms with Gasteiger partial charge in [0.25, 0.3) is 0 Å². The van der Waals surface area contributed by atoms with E-state index in [1.54, 1.807) is 12.3 Å². The van der Waals surface area contributed by atoms with E-state index < -0.39 is 5.41 Å². The van der Waals surface area contributed by atoms with E-state index in [0.717, 1.165) is 35.5 Å². The predicted molar refractivity (Wildman–Crippen MR) is 95.9 cm³/mol. The third-order valence-electron chi connectivity index (χ3n) is 5.82. The highest BCUT2D eigenvalue weighted by Crippen LogP contribution is 2.60. The van der Waals surface area contributed by atoms with Crippen LogP contribution in [-0.4, -0.2) is 18.4 Å². The molecule has 1 aliphatic carbocycles. The number of carbonyl (C=O) groups is 2. The number of piperidine rings is 2. The van der Waals surface area contributed by atoms with Crippen LogP contribution in [0.25, 0.3) is 5.57 Å². The van der Waals surface area contributed by atoms with Gasteiger partial charge in [0.15, 0.2) is 0 Å². The molecule has 1 unspecified atom stereocenters. The lowest BCUT2D eigenvalue weighted by Crippen LogP contribution is -2.64. The molecule has 5 nitrogen and oxygen atoms in total. The second-order valence-electron chi connectivity index (χ2n) is 7.09. The van der Waals surface area contributed by atoms with Gasteiger partial charge in [0.2, 0.25) is 11.8 Å². The van der Waals surface area contributed by atoms with Crippen molar-refractivity contribution >= 4 is 23.1 Å². The van der Waals surface area contributed by atoms with Crippen molar-refractivity contribution in [2.24, 2.45) is 11.3 Å². The van der Waals surface area contributed by atoms with Gasteiger partial charge in [-0.15, -0.1) is 0 Å². The van der Waals surface area contributed by atoms with E-state index in [1.807, 2.05) is 25.2 Å². The van der Waals surface area contributed by atoms with E-state index in [9.17, 15) is 9.59 Å². The van der Waals surface area contributed by atoms with Gasteiger partial charge in [-0.2, -0.15) is 0 Å². The zero-order valence-corrected chi connectivity index (χ0v) is 14.3. The lowest BCUT2D eigenvalue weighted by molar-refractivity contribution is -0.162. The standard InChI is InChI=1S/C20H22N2O3/c1-3-5-6-12(4-2)14-11-25-17-15(7-8-21-16(14)17)20-9-13(10-20)18(23)22-19(20)24/h3-6,11,13,15,21H,2,7-10H2,1H3,(H,22,23,24)/b5-3-,12-6+. The van der Waals surface area contributed by atoms with Gasteiger partial charge in [0, 0.05) is 23.9 Å². The van der Waals surface area contributed by atoms with Gasteiger partial charge >= 0.3 is 0 Å². The molecule has 2 saturated heterocycles. The van der Waals surface area contributed by atoms with E-state index >= 15 is 0 Å². The molecule has 5 heteroatoms. The first-order chi connectivity index (χ1) is 12.1. The SMILES string of the molecule is C=C/C(=C\C=C/C)c1coc2c1NCCC2C12CC(C1)C(=O)NC2=O. The van der Waals surface area contributed by atoms with Crippen molar-refractivity contribution < 1.29 is 14.0 Å². The number of hydrogen-bond donors (Lipinski definition) is 2. The molecule has 0 radical (unpaired) electrons. The lowest BCUT2D eigenvalue weighted by Gasteiger charge is -2.53. The molecule has 1 aromatic heterocycles. The van der Waals surface area contributed by atoms with Crippen molar-refractivity contribution in [3.63, 3.8) is 0 Å². The Morgan fingerprint density at radius 2 is 2.20 bits per heavy atom. The Morgan fingerprint density at radius 1 is 1.40 bits per heavy atom. The average Bonchev–Trinajstić information content (AvgIpc) is 2.99. The normalized spacial score (nSPS) is 31.2. The Hall–Kier alpha value is -2.56. The molecule has 1 saturated carbocycles. The van der Waals surface area contributed by atoms with Crippen LogP contribution in [-0.2, 0) is 9.59 Å². The number of nitrogens with one attached hydrogen (secondary N) is 2. The summed E-state index contributed by atoms with van der Waals surface area (Å²) in [7, 11) is 0. The molecule has 0 spiro atoms. The molecule has 4 aliphatic rings. The van der Waals surface area contributed by atoms with Crippen molar-refractivity contribution in [1.82, 2.24) is 5.32 Å². The number of fused-ring (bicyclic) bond motifs is 3. The maximum Gasteiger partial charge on any atom is 0.233 e. The fourth-order valence-electron chi connectivity index (χ4n) is 4.46. The summed E-state index contributed by atoms with van der Waals surface area (Å²) in [6.07, 6.45) is 11.6. The van der Waals surface area contributed by atoms with Gasteiger partial charge < -0.3 is 9.73 Å². The van der Waals surface area contributed by atoms with E-state index in [-0.39, 0.29) is 23.7 Å². The summed E-state index contributed by atoms with van der Waals surface area (Å²) < 4.78 is 5.94. The van der Waals surface area contributed by atoms with Gasteiger partial charge in [-0.25, -0.2) is 0 Å². The summed E-state index contributed by atoms with van der Waals surface area (Å²) in [4.78, 5) is 24.3. The molecule has 3 aliphatic heterocycles. The number of hydrogen-bond acceptors (Lipinski definition) is 4. The first-order valence-electron chi connectivity index (χ1n) is 8.77. The molecule has 1 aromatic rings. The number of anilines is 1. The summed E-state index contributed by atoms with van der Waals surface area (Å²) in [5.41, 5.74) is 2.40. The zero-order valence-electron chi connectivity index (χ0n) is 14.3. The van der Waals surface area contributed by atoms with E-state index in [1.165, 1.54) is 0 Å². The third-order valence-corrected chi connectivity index (χ3v) is 5.82. The second-order valence-corrected chi connectivity index (χ2v) is 7.09. The Kier molecular flexibility index (Phi) is 3.67. The number of furan rings is 1. The summed E-state index contributed by atoms with van der Waals surface area (Å²) in [5.74, 6) is 0.560. The van der Waals surface area contributed by atoms with Crippen LogP contribution in [0.3, 0.4) is 0 Å². The quantitative estimate of drug-likeness (QED) is 0.652. The smallest absolute Gasteiger partial charge is 0.233 e. The minimum atomic E-state index is -0.494. The van der Waals surface area contributed by atoms with Crippen molar-refractivity contribution in [2.75, 3.05) is 11.9 Å². The Bertz CT molecular complexity index is 809. The van der Waals surface area contributed by atoms with Gasteiger partial charge in [0.05, 0.1) is 11.1 Å². The van der Waals surface area contributed by atoms with E-state index in [4.69, 9.17) is 4.42 Å². The minimum Gasteiger partial charge on any atom is -0.466 e. The summed E-state index contributed by atoms with van der Waals surface area (Å²) in [6.45, 7) is 6.64. The zero-order chi connectivity index (χ0) is 17.6. The Morgan fingerprint density at radius 3 is 2.88 bits per heavy atom. The van der Waals surface area contributed by atoms with Gasteiger partial charge in [-0.3, -0.25) is 14.9 Å². The summed E-state index contributed by atoms with van der Waals surface area (Å²) >= 11 is 0. The molecule has 3 fully saturated rings. The Balaban J connectivity index is 1.72. The molecular formula is C20H22N2O3. The van der Waals surface area contributed by atoms with Crippen LogP contribution in [0.4, 0.5) is 5.69 Å². The molecule has 130 valence electrons. The van der Waals surface area contributed by atoms with E-state index in [0.29, 0.717) is 12.8 Å². The summed E-state index contributed by atoms with van der Waals surface area (Å²) in [6, 6.07) is 0. The first kappa shape index (κ1) is 15.9. The first-order valence-corrected chi connectivity index (χ1v) is 8.77. The average molecular weight is 338 g/mol. The molecule has 0 aromatic carbocycles. The highest BCUT2D eigenvalue weighted by molar-refractivity contribution is 6.05. The topological polar surface area (TPSA) is 71.3 Å². The van der Waals surface area contributed by atoms with Crippen molar-refractivity contribution in [3.8, 4) is 0 Å². The summed E-state index contributed by atoms with van der Waals surface area (Å²) in [5, 5.41) is 5.96. The largest absolute Gasteiger partial charge is 0.466 e. The van der Waals surface area contributed by atoms with Crippen LogP contribution < -0.4 is 10.6 Å². The number of carbonyl (C=O) groups excluding carboxylic acids is 2. The highest BCUT2D eigenvalue weighted by Gasteiger charge is 2.62. The van der Waals surface area contributed by atoms with Crippen molar-refractivity contribution in [3.05, 3.63) is 48.5 Å². The van der Waals surface area contributed by atoms with Crippen LogP contribution in [0.1, 0.15) is 43.4 Å². The lowest BCUT2D eigenvalue weighted by atomic mass is 9.51. The van der Waals surface area contributed by atoms with E-state index in [2.05, 4.69) is 17.2 Å². The van der Waals surface area contributed by atoms with Crippen LogP contribution in [0.15, 0.2) is 41.6 Å². The molecule has 2 amide bonds. The van der Waals surface area contributed by atoms with Gasteiger partial charge in [-0.1, -0.05) is 30.9 Å². The third kappa shape index (κ3) is 2.22. The van der Waals surface area contributed by atoms with Crippen LogP contribution in [0.5, 0.6) is 0 Å². The molecule has 2 N–H and O–H groups in total. The molecule has 4 heterocycles. The highest BCUT2D eigenvalue weighted by atomic mass is 16.3. The fraction of sp³-hybridized carbons (Fsp3) is 0.400. The number of amides is 2. The second kappa shape index (κ2) is 5.76. The number of imide groups is 1. The molecule has 5 rings (SSSR count). The molecule has 25 heavy (non-hydrogen) atoms. The predicted octanol–water partition coefficient (Wildman–Crippen LogP) is 3.38. The monoisotopic (exact) mass is 338 g/mol.